The third-order valence-electron chi connectivity index (χ3n) is 2.14. The van der Waals surface area contributed by atoms with E-state index in [0.717, 1.165) is 30.8 Å². The Morgan fingerprint density at radius 2 is 2.38 bits per heavy atom. The molecule has 3 heteroatoms. The topological polar surface area (TPSA) is 41.8 Å². The Morgan fingerprint density at radius 3 is 3.23 bits per heavy atom. The molecule has 68 valence electrons. The smallest absolute Gasteiger partial charge is 0.122 e. The summed E-state index contributed by atoms with van der Waals surface area (Å²) in [5.74, 6) is 0.960. The third kappa shape index (κ3) is 1.64. The van der Waals surface area contributed by atoms with Crippen LogP contribution in [0.2, 0.25) is 0 Å². The normalized spacial score (nSPS) is 15.4. The molecule has 0 atom stereocenters. The lowest BCUT2D eigenvalue weighted by Crippen LogP contribution is -2.08. The van der Waals surface area contributed by atoms with Crippen LogP contribution in [0.1, 0.15) is 17.5 Å². The summed E-state index contributed by atoms with van der Waals surface area (Å²) in [6.45, 7) is 0.806. The van der Waals surface area contributed by atoms with Gasteiger partial charge in [0.05, 0.1) is 12.8 Å². The van der Waals surface area contributed by atoms with Crippen molar-refractivity contribution in [2.45, 2.75) is 12.8 Å². The molecule has 1 aliphatic heterocycles. The van der Waals surface area contributed by atoms with Gasteiger partial charge in [-0.05, 0) is 42.2 Å². The Bertz CT molecular complexity index is 334. The Balaban J connectivity index is 2.35. The summed E-state index contributed by atoms with van der Waals surface area (Å²) in [5.41, 5.74) is 2.11. The minimum Gasteiger partial charge on any atom is -0.493 e. The molecule has 13 heavy (non-hydrogen) atoms. The highest BCUT2D eigenvalue weighted by Gasteiger charge is 2.09. The van der Waals surface area contributed by atoms with Crippen molar-refractivity contribution >= 4 is 6.21 Å². The van der Waals surface area contributed by atoms with Crippen LogP contribution < -0.4 is 4.74 Å². The molecular formula is C10H11NO2. The van der Waals surface area contributed by atoms with E-state index in [9.17, 15) is 0 Å². The fourth-order valence-electron chi connectivity index (χ4n) is 1.53. The van der Waals surface area contributed by atoms with Gasteiger partial charge in [-0.1, -0.05) is 5.16 Å². The van der Waals surface area contributed by atoms with E-state index >= 15 is 0 Å². The van der Waals surface area contributed by atoms with Crippen LogP contribution in [0.25, 0.3) is 0 Å². The molecule has 0 fully saturated rings. The number of fused-ring (bicyclic) bond motifs is 1. The van der Waals surface area contributed by atoms with Crippen molar-refractivity contribution in [1.29, 1.82) is 0 Å². The van der Waals surface area contributed by atoms with Gasteiger partial charge >= 0.3 is 0 Å². The van der Waals surface area contributed by atoms with Crippen molar-refractivity contribution in [2.75, 3.05) is 6.61 Å². The van der Waals surface area contributed by atoms with E-state index in [0.29, 0.717) is 0 Å². The van der Waals surface area contributed by atoms with E-state index in [2.05, 4.69) is 5.16 Å². The predicted molar refractivity (Wildman–Crippen MR) is 49.6 cm³/mol. The number of aryl methyl sites for hydroxylation is 1. The number of oxime groups is 1. The highest BCUT2D eigenvalue weighted by atomic mass is 16.5. The molecule has 0 saturated carbocycles. The van der Waals surface area contributed by atoms with Crippen LogP contribution in [-0.4, -0.2) is 18.0 Å². The van der Waals surface area contributed by atoms with Gasteiger partial charge in [0.15, 0.2) is 0 Å². The largest absolute Gasteiger partial charge is 0.493 e. The quantitative estimate of drug-likeness (QED) is 0.404. The van der Waals surface area contributed by atoms with Gasteiger partial charge in [-0.25, -0.2) is 0 Å². The zero-order valence-electron chi connectivity index (χ0n) is 7.23. The van der Waals surface area contributed by atoms with Crippen LogP contribution in [0.15, 0.2) is 23.4 Å². The van der Waals surface area contributed by atoms with Crippen LogP contribution in [0.5, 0.6) is 5.75 Å². The highest BCUT2D eigenvalue weighted by Crippen LogP contribution is 2.24. The van der Waals surface area contributed by atoms with Crippen LogP contribution in [0, 0.1) is 0 Å². The maximum atomic E-state index is 8.36. The molecule has 0 amide bonds. The first-order valence-corrected chi connectivity index (χ1v) is 4.33. The number of benzene rings is 1. The average molecular weight is 177 g/mol. The van der Waals surface area contributed by atoms with Gasteiger partial charge in [0.25, 0.3) is 0 Å². The van der Waals surface area contributed by atoms with Crippen molar-refractivity contribution in [3.63, 3.8) is 0 Å². The Labute approximate surface area is 76.6 Å². The lowest BCUT2D eigenvalue weighted by Gasteiger charge is -2.16. The second-order valence-electron chi connectivity index (χ2n) is 3.06. The van der Waals surface area contributed by atoms with Crippen LogP contribution in [0.4, 0.5) is 0 Å². The van der Waals surface area contributed by atoms with E-state index in [1.165, 1.54) is 11.8 Å². The lowest BCUT2D eigenvalue weighted by atomic mass is 10.0. The van der Waals surface area contributed by atoms with Gasteiger partial charge in [-0.2, -0.15) is 0 Å². The van der Waals surface area contributed by atoms with Crippen molar-refractivity contribution < 1.29 is 9.94 Å². The number of hydrogen-bond donors (Lipinski definition) is 1. The Morgan fingerprint density at radius 1 is 1.46 bits per heavy atom. The molecule has 0 bridgehead atoms. The zero-order valence-corrected chi connectivity index (χ0v) is 7.23. The molecule has 0 aromatic heterocycles. The summed E-state index contributed by atoms with van der Waals surface area (Å²) in [5, 5.41) is 11.4. The van der Waals surface area contributed by atoms with Gasteiger partial charge in [0.1, 0.15) is 5.75 Å². The molecule has 1 aromatic carbocycles. The third-order valence-corrected chi connectivity index (χ3v) is 2.14. The van der Waals surface area contributed by atoms with Gasteiger partial charge in [0, 0.05) is 0 Å². The number of ether oxygens (including phenoxy) is 1. The lowest BCUT2D eigenvalue weighted by molar-refractivity contribution is 0.288. The summed E-state index contributed by atoms with van der Waals surface area (Å²) < 4.78 is 5.45. The van der Waals surface area contributed by atoms with E-state index in [-0.39, 0.29) is 0 Å². The van der Waals surface area contributed by atoms with Gasteiger partial charge in [-0.15, -0.1) is 0 Å². The molecule has 1 N–H and O–H groups in total. The van der Waals surface area contributed by atoms with Crippen molar-refractivity contribution in [3.05, 3.63) is 29.3 Å². The first-order valence-electron chi connectivity index (χ1n) is 4.33. The molecule has 2 rings (SSSR count). The summed E-state index contributed by atoms with van der Waals surface area (Å²) in [4.78, 5) is 0. The molecule has 3 nitrogen and oxygen atoms in total. The van der Waals surface area contributed by atoms with Crippen molar-refractivity contribution in [2.24, 2.45) is 5.16 Å². The molecule has 1 aromatic rings. The summed E-state index contributed by atoms with van der Waals surface area (Å²) in [6.07, 6.45) is 3.53. The standard InChI is InChI=1S/C10H11NO2/c12-11-7-8-3-4-10-9(6-8)2-1-5-13-10/h3-4,6-7,12H,1-2,5H2. The monoisotopic (exact) mass is 177 g/mol. The van der Waals surface area contributed by atoms with Gasteiger partial charge < -0.3 is 9.94 Å². The second kappa shape index (κ2) is 3.47. The Hall–Kier alpha value is -1.51. The Kier molecular flexibility index (Phi) is 2.17. The van der Waals surface area contributed by atoms with Gasteiger partial charge in [0.2, 0.25) is 0 Å². The number of hydrogen-bond acceptors (Lipinski definition) is 3. The first kappa shape index (κ1) is 8.10. The minimum atomic E-state index is 0.806. The molecule has 0 saturated heterocycles. The summed E-state index contributed by atoms with van der Waals surface area (Å²) >= 11 is 0. The van der Waals surface area contributed by atoms with E-state index in [4.69, 9.17) is 9.94 Å². The molecule has 1 aliphatic rings. The number of nitrogens with zero attached hydrogens (tertiary/aromatic N) is 1. The highest BCUT2D eigenvalue weighted by molar-refractivity contribution is 5.79. The maximum Gasteiger partial charge on any atom is 0.122 e. The first-order chi connectivity index (χ1) is 6.40. The van der Waals surface area contributed by atoms with Crippen LogP contribution >= 0.6 is 0 Å². The predicted octanol–water partition coefficient (Wildman–Crippen LogP) is 1.82. The van der Waals surface area contributed by atoms with Gasteiger partial charge in [-0.3, -0.25) is 0 Å². The fourth-order valence-corrected chi connectivity index (χ4v) is 1.53. The fraction of sp³-hybridized carbons (Fsp3) is 0.300. The second-order valence-corrected chi connectivity index (χ2v) is 3.06. The summed E-state index contributed by atoms with van der Waals surface area (Å²) in [6, 6.07) is 5.80. The average Bonchev–Trinajstić information content (AvgIpc) is 2.18. The van der Waals surface area contributed by atoms with Crippen molar-refractivity contribution in [1.82, 2.24) is 0 Å². The van der Waals surface area contributed by atoms with Crippen molar-refractivity contribution in [3.8, 4) is 5.75 Å². The van der Waals surface area contributed by atoms with Crippen LogP contribution in [0.3, 0.4) is 0 Å². The molecule has 0 radical (unpaired) electrons. The SMILES string of the molecule is ON=Cc1ccc2c(c1)CCCO2. The maximum absolute atomic E-state index is 8.36. The molecule has 0 unspecified atom stereocenters. The molecule has 0 aliphatic carbocycles. The van der Waals surface area contributed by atoms with E-state index in [1.54, 1.807) is 0 Å². The molecule has 1 heterocycles. The van der Waals surface area contributed by atoms with Crippen LogP contribution in [-0.2, 0) is 6.42 Å². The number of rotatable bonds is 1. The van der Waals surface area contributed by atoms with E-state index < -0.39 is 0 Å². The molecule has 0 spiro atoms. The molecular weight excluding hydrogens is 166 g/mol. The van der Waals surface area contributed by atoms with E-state index in [1.807, 2.05) is 18.2 Å². The minimum absolute atomic E-state index is 0.806. The summed E-state index contributed by atoms with van der Waals surface area (Å²) in [7, 11) is 0. The zero-order chi connectivity index (χ0) is 9.10.